The summed E-state index contributed by atoms with van der Waals surface area (Å²) in [6.07, 6.45) is 4.32. The molecule has 0 aromatic heterocycles. The van der Waals surface area contributed by atoms with Crippen LogP contribution in [0.25, 0.3) is 0 Å². The van der Waals surface area contributed by atoms with Crippen molar-refractivity contribution >= 4 is 5.91 Å². The molecule has 0 bridgehead atoms. The monoisotopic (exact) mass is 344 g/mol. The van der Waals surface area contributed by atoms with Crippen LogP contribution in [0.5, 0.6) is 0 Å². The molecule has 1 aliphatic carbocycles. The molecule has 2 fully saturated rings. The predicted molar refractivity (Wildman–Crippen MR) is 100 cm³/mol. The molecule has 2 aliphatic rings. The zero-order chi connectivity index (χ0) is 18.1. The molecule has 0 atom stereocenters. The van der Waals surface area contributed by atoms with Gasteiger partial charge in [0.2, 0.25) is 0 Å². The Morgan fingerprint density at radius 1 is 1.20 bits per heavy atom. The standard InChI is InChI=1S/C21H32N2O2/c1-5-23-16-21(25-20(2,3)19(23)24)13-11-18(12-14-21)22(4)15-17-9-7-6-8-10-17/h6-10,18H,5,11-16H2,1-4H3/t18-,21+. The summed E-state index contributed by atoms with van der Waals surface area (Å²) in [4.78, 5) is 16.9. The van der Waals surface area contributed by atoms with Crippen LogP contribution in [0.3, 0.4) is 0 Å². The number of benzene rings is 1. The number of nitrogens with zero attached hydrogens (tertiary/aromatic N) is 2. The Balaban J connectivity index is 1.62. The van der Waals surface area contributed by atoms with Gasteiger partial charge in [0.25, 0.3) is 5.91 Å². The number of ether oxygens (including phenoxy) is 1. The molecule has 1 heterocycles. The number of morpholine rings is 1. The van der Waals surface area contributed by atoms with Gasteiger partial charge >= 0.3 is 0 Å². The van der Waals surface area contributed by atoms with E-state index in [2.05, 4.69) is 49.2 Å². The predicted octanol–water partition coefficient (Wildman–Crippen LogP) is 3.46. The SMILES string of the molecule is CCN1C[C@]2(CC[C@H](N(C)Cc3ccccc3)CC2)OC(C)(C)C1=O. The van der Waals surface area contributed by atoms with Crippen LogP contribution in [0.4, 0.5) is 0 Å². The molecule has 1 spiro atoms. The Morgan fingerprint density at radius 3 is 2.44 bits per heavy atom. The summed E-state index contributed by atoms with van der Waals surface area (Å²) in [5.41, 5.74) is 0.511. The lowest BCUT2D eigenvalue weighted by Gasteiger charge is -2.52. The maximum Gasteiger partial charge on any atom is 0.254 e. The Morgan fingerprint density at radius 2 is 1.84 bits per heavy atom. The first kappa shape index (κ1) is 18.4. The quantitative estimate of drug-likeness (QED) is 0.838. The Kier molecular flexibility index (Phi) is 5.21. The first-order chi connectivity index (χ1) is 11.9. The molecule has 4 nitrogen and oxygen atoms in total. The molecule has 1 aromatic rings. The molecular weight excluding hydrogens is 312 g/mol. The number of carbonyl (C=O) groups excluding carboxylic acids is 1. The topological polar surface area (TPSA) is 32.8 Å². The third-order valence-corrected chi connectivity index (χ3v) is 5.90. The number of carbonyl (C=O) groups is 1. The molecule has 0 radical (unpaired) electrons. The van der Waals surface area contributed by atoms with Crippen LogP contribution in [0.2, 0.25) is 0 Å². The van der Waals surface area contributed by atoms with Crippen LogP contribution >= 0.6 is 0 Å². The van der Waals surface area contributed by atoms with Crippen molar-refractivity contribution in [1.29, 1.82) is 0 Å². The molecule has 0 unspecified atom stereocenters. The van der Waals surface area contributed by atoms with Crippen molar-refractivity contribution in [3.8, 4) is 0 Å². The molecule has 1 amide bonds. The van der Waals surface area contributed by atoms with Crippen molar-refractivity contribution < 1.29 is 9.53 Å². The van der Waals surface area contributed by atoms with E-state index in [1.165, 1.54) is 5.56 Å². The van der Waals surface area contributed by atoms with Gasteiger partial charge in [0.15, 0.2) is 0 Å². The molecule has 3 rings (SSSR count). The van der Waals surface area contributed by atoms with Gasteiger partial charge in [0.1, 0.15) is 5.60 Å². The lowest BCUT2D eigenvalue weighted by Crippen LogP contribution is -2.64. The van der Waals surface area contributed by atoms with Crippen LogP contribution < -0.4 is 0 Å². The molecular formula is C21H32N2O2. The Hall–Kier alpha value is -1.39. The minimum absolute atomic E-state index is 0.129. The third-order valence-electron chi connectivity index (χ3n) is 5.90. The van der Waals surface area contributed by atoms with Crippen LogP contribution in [-0.4, -0.2) is 53.1 Å². The fraction of sp³-hybridized carbons (Fsp3) is 0.667. The smallest absolute Gasteiger partial charge is 0.254 e. The minimum atomic E-state index is -0.697. The second-order valence-electron chi connectivity index (χ2n) is 8.25. The van der Waals surface area contributed by atoms with E-state index in [1.807, 2.05) is 18.7 Å². The normalized spacial score (nSPS) is 29.4. The summed E-state index contributed by atoms with van der Waals surface area (Å²) >= 11 is 0. The Labute approximate surface area is 152 Å². The number of amides is 1. The maximum atomic E-state index is 12.5. The number of rotatable bonds is 4. The number of hydrogen-bond acceptors (Lipinski definition) is 3. The van der Waals surface area contributed by atoms with Gasteiger partial charge in [0.05, 0.1) is 5.60 Å². The molecule has 25 heavy (non-hydrogen) atoms. The fourth-order valence-corrected chi connectivity index (χ4v) is 4.50. The van der Waals surface area contributed by atoms with Crippen molar-refractivity contribution in [1.82, 2.24) is 9.80 Å². The fourth-order valence-electron chi connectivity index (χ4n) is 4.50. The van der Waals surface area contributed by atoms with E-state index < -0.39 is 5.60 Å². The summed E-state index contributed by atoms with van der Waals surface area (Å²) in [6, 6.07) is 11.2. The number of likely N-dealkylation sites (N-methyl/N-ethyl adjacent to an activating group) is 1. The van der Waals surface area contributed by atoms with Gasteiger partial charge in [-0.3, -0.25) is 9.69 Å². The lowest BCUT2D eigenvalue weighted by molar-refractivity contribution is -0.215. The van der Waals surface area contributed by atoms with E-state index in [9.17, 15) is 4.79 Å². The van der Waals surface area contributed by atoms with Gasteiger partial charge < -0.3 is 9.64 Å². The molecule has 4 heteroatoms. The van der Waals surface area contributed by atoms with Crippen molar-refractivity contribution in [2.24, 2.45) is 0 Å². The van der Waals surface area contributed by atoms with Gasteiger partial charge in [-0.15, -0.1) is 0 Å². The molecule has 0 N–H and O–H groups in total. The van der Waals surface area contributed by atoms with E-state index in [4.69, 9.17) is 4.74 Å². The molecule has 1 aromatic carbocycles. The zero-order valence-corrected chi connectivity index (χ0v) is 16.1. The van der Waals surface area contributed by atoms with Gasteiger partial charge in [-0.05, 0) is 59.1 Å². The van der Waals surface area contributed by atoms with Crippen molar-refractivity contribution in [2.45, 2.75) is 70.2 Å². The summed E-state index contributed by atoms with van der Waals surface area (Å²) in [7, 11) is 2.23. The number of hydrogen-bond donors (Lipinski definition) is 0. The lowest BCUT2D eigenvalue weighted by atomic mass is 9.79. The maximum absolute atomic E-state index is 12.5. The van der Waals surface area contributed by atoms with Crippen LogP contribution in [-0.2, 0) is 16.1 Å². The highest BCUT2D eigenvalue weighted by Crippen LogP contribution is 2.41. The van der Waals surface area contributed by atoms with E-state index in [0.717, 1.165) is 45.3 Å². The van der Waals surface area contributed by atoms with Gasteiger partial charge in [-0.1, -0.05) is 30.3 Å². The Bertz CT molecular complexity index is 591. The largest absolute Gasteiger partial charge is 0.357 e. The average molecular weight is 344 g/mol. The zero-order valence-electron chi connectivity index (χ0n) is 16.1. The first-order valence-corrected chi connectivity index (χ1v) is 9.59. The molecule has 1 saturated carbocycles. The highest BCUT2D eigenvalue weighted by Gasteiger charge is 2.50. The second-order valence-corrected chi connectivity index (χ2v) is 8.25. The minimum Gasteiger partial charge on any atom is -0.357 e. The van der Waals surface area contributed by atoms with E-state index in [1.54, 1.807) is 0 Å². The van der Waals surface area contributed by atoms with Gasteiger partial charge in [0, 0.05) is 25.7 Å². The van der Waals surface area contributed by atoms with Gasteiger partial charge in [-0.2, -0.15) is 0 Å². The van der Waals surface area contributed by atoms with E-state index in [0.29, 0.717) is 6.04 Å². The van der Waals surface area contributed by atoms with Crippen LogP contribution in [0.1, 0.15) is 52.0 Å². The summed E-state index contributed by atoms with van der Waals surface area (Å²) in [5, 5.41) is 0. The molecule has 1 saturated heterocycles. The van der Waals surface area contributed by atoms with Crippen molar-refractivity contribution in [3.63, 3.8) is 0 Å². The molecule has 1 aliphatic heterocycles. The van der Waals surface area contributed by atoms with Crippen LogP contribution in [0, 0.1) is 0 Å². The van der Waals surface area contributed by atoms with E-state index in [-0.39, 0.29) is 11.5 Å². The van der Waals surface area contributed by atoms with E-state index >= 15 is 0 Å². The van der Waals surface area contributed by atoms with Crippen molar-refractivity contribution in [2.75, 3.05) is 20.1 Å². The average Bonchev–Trinajstić information content (AvgIpc) is 2.59. The summed E-state index contributed by atoms with van der Waals surface area (Å²) in [6.45, 7) is 8.42. The second kappa shape index (κ2) is 7.08. The third kappa shape index (κ3) is 3.90. The first-order valence-electron chi connectivity index (χ1n) is 9.59. The summed E-state index contributed by atoms with van der Waals surface area (Å²) < 4.78 is 6.38. The highest BCUT2D eigenvalue weighted by atomic mass is 16.5. The van der Waals surface area contributed by atoms with Gasteiger partial charge in [-0.25, -0.2) is 0 Å². The summed E-state index contributed by atoms with van der Waals surface area (Å²) in [5.74, 6) is 0.129. The molecule has 138 valence electrons. The highest BCUT2D eigenvalue weighted by molar-refractivity contribution is 5.85. The van der Waals surface area contributed by atoms with Crippen molar-refractivity contribution in [3.05, 3.63) is 35.9 Å². The van der Waals surface area contributed by atoms with Crippen LogP contribution in [0.15, 0.2) is 30.3 Å².